The molecule has 1 amide bonds. The molecule has 0 spiro atoms. The summed E-state index contributed by atoms with van der Waals surface area (Å²) in [4.78, 5) is 14.4. The molecule has 0 unspecified atom stereocenters. The van der Waals surface area contributed by atoms with Crippen molar-refractivity contribution >= 4 is 17.2 Å². The lowest BCUT2D eigenvalue weighted by atomic mass is 9.91. The van der Waals surface area contributed by atoms with Gasteiger partial charge in [0.05, 0.1) is 18.1 Å². The van der Waals surface area contributed by atoms with Gasteiger partial charge in [-0.05, 0) is 34.7 Å². The number of amides is 1. The van der Waals surface area contributed by atoms with Crippen LogP contribution in [-0.2, 0) is 10.3 Å². The van der Waals surface area contributed by atoms with E-state index in [-0.39, 0.29) is 12.3 Å². The molecule has 6 heteroatoms. The van der Waals surface area contributed by atoms with Crippen LogP contribution >= 0.6 is 11.3 Å². The predicted molar refractivity (Wildman–Crippen MR) is 95.3 cm³/mol. The molecule has 1 aromatic heterocycles. The zero-order valence-electron chi connectivity index (χ0n) is 13.7. The summed E-state index contributed by atoms with van der Waals surface area (Å²) in [7, 11) is 1.61. The van der Waals surface area contributed by atoms with E-state index in [1.54, 1.807) is 19.2 Å². The van der Waals surface area contributed by atoms with Crippen molar-refractivity contribution in [1.29, 1.82) is 5.26 Å². The molecule has 1 N–H and O–H groups in total. The van der Waals surface area contributed by atoms with Crippen molar-refractivity contribution in [1.82, 2.24) is 10.2 Å². The topological polar surface area (TPSA) is 56.1 Å². The highest BCUT2D eigenvalue weighted by Gasteiger charge is 2.42. The van der Waals surface area contributed by atoms with E-state index in [4.69, 9.17) is 5.26 Å². The fourth-order valence-electron chi connectivity index (χ4n) is 2.82. The van der Waals surface area contributed by atoms with Crippen LogP contribution in [0.15, 0.2) is 53.8 Å². The maximum Gasteiger partial charge on any atom is 0.231 e. The van der Waals surface area contributed by atoms with Crippen LogP contribution in [0, 0.1) is 11.3 Å². The summed E-state index contributed by atoms with van der Waals surface area (Å²) < 4.78 is 14.0. The first-order chi connectivity index (χ1) is 12.0. The molecule has 4 nitrogen and oxygen atoms in total. The summed E-state index contributed by atoms with van der Waals surface area (Å²) in [5.41, 5.74) is 3.89. The standard InChI is InChI=1S/C19H16FN3OS/c1-3-17-22-19(12-20,9-18(24)23(17)2)16-8-15(11-25-16)14-6-4-5-13(7-14)10-21/h4-8,11,22H,1,9,12H2,2H3/t19-/m1/s1. The van der Waals surface area contributed by atoms with Crippen molar-refractivity contribution in [3.05, 3.63) is 64.3 Å². The van der Waals surface area contributed by atoms with Gasteiger partial charge in [-0.15, -0.1) is 11.3 Å². The molecule has 1 aliphatic rings. The lowest BCUT2D eigenvalue weighted by Gasteiger charge is -2.40. The van der Waals surface area contributed by atoms with Crippen molar-refractivity contribution < 1.29 is 9.18 Å². The number of hydrogen-bond acceptors (Lipinski definition) is 4. The third-order valence-electron chi connectivity index (χ3n) is 4.31. The SMILES string of the molecule is C=C=C1N[C@](CF)(c2cc(-c3cccc(C#N)c3)cs2)CC(=O)N1C. The summed E-state index contributed by atoms with van der Waals surface area (Å²) >= 11 is 1.39. The highest BCUT2D eigenvalue weighted by atomic mass is 32.1. The van der Waals surface area contributed by atoms with Crippen LogP contribution in [0.3, 0.4) is 0 Å². The summed E-state index contributed by atoms with van der Waals surface area (Å²) in [6.07, 6.45) is 0.0172. The molecule has 1 saturated heterocycles. The first-order valence-electron chi connectivity index (χ1n) is 7.63. The zero-order valence-corrected chi connectivity index (χ0v) is 14.5. The Labute approximate surface area is 149 Å². The van der Waals surface area contributed by atoms with E-state index in [1.165, 1.54) is 16.2 Å². The molecule has 0 bridgehead atoms. The van der Waals surface area contributed by atoms with Crippen LogP contribution in [0.5, 0.6) is 0 Å². The Kier molecular flexibility index (Phi) is 4.45. The van der Waals surface area contributed by atoms with Gasteiger partial charge >= 0.3 is 0 Å². The van der Waals surface area contributed by atoms with E-state index in [0.29, 0.717) is 11.4 Å². The number of thiophene rings is 1. The molecule has 3 rings (SSSR count). The van der Waals surface area contributed by atoms with E-state index in [0.717, 1.165) is 16.0 Å². The summed E-state index contributed by atoms with van der Waals surface area (Å²) in [5.74, 6) is 0.180. The number of hydrogen-bond donors (Lipinski definition) is 1. The van der Waals surface area contributed by atoms with Crippen molar-refractivity contribution in [2.75, 3.05) is 13.7 Å². The van der Waals surface area contributed by atoms with Crippen molar-refractivity contribution in [3.8, 4) is 17.2 Å². The van der Waals surface area contributed by atoms with Crippen LogP contribution < -0.4 is 5.32 Å². The van der Waals surface area contributed by atoms with E-state index in [9.17, 15) is 9.18 Å². The van der Waals surface area contributed by atoms with Gasteiger partial charge in [-0.1, -0.05) is 24.4 Å². The fourth-order valence-corrected chi connectivity index (χ4v) is 3.88. The highest BCUT2D eigenvalue weighted by Crippen LogP contribution is 2.38. The smallest absolute Gasteiger partial charge is 0.231 e. The lowest BCUT2D eigenvalue weighted by molar-refractivity contribution is -0.133. The molecule has 1 fully saturated rings. The second-order valence-corrected chi connectivity index (χ2v) is 6.80. The Morgan fingerprint density at radius 3 is 2.92 bits per heavy atom. The first-order valence-corrected chi connectivity index (χ1v) is 8.51. The van der Waals surface area contributed by atoms with Crippen molar-refractivity contribution in [3.63, 3.8) is 0 Å². The number of benzene rings is 1. The van der Waals surface area contributed by atoms with Crippen LogP contribution in [0.4, 0.5) is 4.39 Å². The average molecular weight is 353 g/mol. The number of rotatable bonds is 3. The van der Waals surface area contributed by atoms with Gasteiger partial charge in [0.2, 0.25) is 5.91 Å². The van der Waals surface area contributed by atoms with E-state index in [2.05, 4.69) is 23.7 Å². The quantitative estimate of drug-likeness (QED) is 0.859. The van der Waals surface area contributed by atoms with Crippen LogP contribution in [0.25, 0.3) is 11.1 Å². The Bertz CT molecular complexity index is 923. The average Bonchev–Trinajstić information content (AvgIpc) is 3.15. The molecule has 1 aliphatic heterocycles. The normalized spacial score (nSPS) is 20.0. The number of halogens is 1. The first kappa shape index (κ1) is 17.0. The molecule has 2 aromatic rings. The number of nitriles is 1. The molecular formula is C19H16FN3OS. The minimum Gasteiger partial charge on any atom is -0.351 e. The fraction of sp³-hybridized carbons (Fsp3) is 0.211. The lowest BCUT2D eigenvalue weighted by Crippen LogP contribution is -2.55. The Morgan fingerprint density at radius 2 is 2.24 bits per heavy atom. The number of carbonyl (C=O) groups excluding carboxylic acids is 1. The maximum absolute atomic E-state index is 14.0. The van der Waals surface area contributed by atoms with Gasteiger partial charge in [-0.2, -0.15) is 5.26 Å². The third-order valence-corrected chi connectivity index (χ3v) is 5.45. The largest absolute Gasteiger partial charge is 0.351 e. The molecule has 1 aromatic carbocycles. The number of nitrogens with one attached hydrogen (secondary N) is 1. The number of nitrogens with zero attached hydrogens (tertiary/aromatic N) is 2. The second-order valence-electron chi connectivity index (χ2n) is 5.89. The van der Waals surface area contributed by atoms with Gasteiger partial charge in [0.15, 0.2) is 5.82 Å². The monoisotopic (exact) mass is 353 g/mol. The van der Waals surface area contributed by atoms with Gasteiger partial charge in [0.1, 0.15) is 12.2 Å². The van der Waals surface area contributed by atoms with Gasteiger partial charge in [0.25, 0.3) is 0 Å². The Balaban J connectivity index is 2.01. The molecule has 0 radical (unpaired) electrons. The van der Waals surface area contributed by atoms with Crippen molar-refractivity contribution in [2.24, 2.45) is 0 Å². The Morgan fingerprint density at radius 1 is 1.44 bits per heavy atom. The van der Waals surface area contributed by atoms with E-state index >= 15 is 0 Å². The predicted octanol–water partition coefficient (Wildman–Crippen LogP) is 3.53. The molecule has 0 saturated carbocycles. The van der Waals surface area contributed by atoms with E-state index < -0.39 is 12.2 Å². The molecule has 1 atom stereocenters. The summed E-state index contributed by atoms with van der Waals surface area (Å²) in [6.45, 7) is 2.84. The van der Waals surface area contributed by atoms with Gasteiger partial charge in [-0.3, -0.25) is 9.69 Å². The van der Waals surface area contributed by atoms with Crippen LogP contribution in [0.1, 0.15) is 16.9 Å². The van der Waals surface area contributed by atoms with Gasteiger partial charge in [-0.25, -0.2) is 4.39 Å². The van der Waals surface area contributed by atoms with Gasteiger partial charge < -0.3 is 5.32 Å². The Hall–Kier alpha value is -2.87. The molecule has 25 heavy (non-hydrogen) atoms. The molecule has 0 aliphatic carbocycles. The minimum atomic E-state index is -1.11. The number of carbonyl (C=O) groups is 1. The molecule has 126 valence electrons. The third kappa shape index (κ3) is 2.96. The maximum atomic E-state index is 14.0. The summed E-state index contributed by atoms with van der Waals surface area (Å²) in [5, 5.41) is 14.0. The second kappa shape index (κ2) is 6.56. The zero-order chi connectivity index (χ0) is 18.0. The molecule has 2 heterocycles. The van der Waals surface area contributed by atoms with Crippen molar-refractivity contribution in [2.45, 2.75) is 12.0 Å². The van der Waals surface area contributed by atoms with Gasteiger partial charge in [0, 0.05) is 11.9 Å². The minimum absolute atomic E-state index is 0.0172. The van der Waals surface area contributed by atoms with Crippen LogP contribution in [-0.4, -0.2) is 24.5 Å². The highest BCUT2D eigenvalue weighted by molar-refractivity contribution is 7.10. The molecular weight excluding hydrogens is 337 g/mol. The van der Waals surface area contributed by atoms with E-state index in [1.807, 2.05) is 23.6 Å². The van der Waals surface area contributed by atoms with Crippen LogP contribution in [0.2, 0.25) is 0 Å². The number of alkyl halides is 1. The summed E-state index contributed by atoms with van der Waals surface area (Å²) in [6, 6.07) is 11.2.